The zero-order valence-electron chi connectivity index (χ0n) is 9.60. The van der Waals surface area contributed by atoms with E-state index in [-0.39, 0.29) is 0 Å². The molecule has 0 aliphatic carbocycles. The van der Waals surface area contributed by atoms with Crippen molar-refractivity contribution >= 4 is 21.6 Å². The van der Waals surface area contributed by atoms with Crippen molar-refractivity contribution in [2.75, 3.05) is 11.9 Å². The van der Waals surface area contributed by atoms with E-state index < -0.39 is 0 Å². The number of rotatable bonds is 3. The first-order chi connectivity index (χ1) is 8.16. The van der Waals surface area contributed by atoms with Crippen molar-refractivity contribution < 1.29 is 5.11 Å². The van der Waals surface area contributed by atoms with E-state index in [0.29, 0.717) is 12.3 Å². The smallest absolute Gasteiger partial charge is 0.120 e. The number of hydrogen-bond acceptors (Lipinski definition) is 2. The minimum absolute atomic E-state index is 0.330. The quantitative estimate of drug-likeness (QED) is 0.930. The van der Waals surface area contributed by atoms with Gasteiger partial charge < -0.3 is 10.0 Å². The van der Waals surface area contributed by atoms with Crippen molar-refractivity contribution in [3.8, 4) is 5.75 Å². The number of nitrogens with zero attached hydrogens (tertiary/aromatic N) is 1. The van der Waals surface area contributed by atoms with Crippen LogP contribution >= 0.6 is 15.9 Å². The van der Waals surface area contributed by atoms with E-state index >= 15 is 0 Å². The van der Waals surface area contributed by atoms with Gasteiger partial charge in [-0.25, -0.2) is 0 Å². The van der Waals surface area contributed by atoms with Gasteiger partial charge in [0.1, 0.15) is 5.75 Å². The average Bonchev–Trinajstić information content (AvgIpc) is 2.35. The SMILES string of the molecule is CN(Cc1cc(Br)ccc1O)c1ccccc1. The summed E-state index contributed by atoms with van der Waals surface area (Å²) in [5.41, 5.74) is 2.04. The van der Waals surface area contributed by atoms with Crippen LogP contribution in [0.4, 0.5) is 5.69 Å². The highest BCUT2D eigenvalue weighted by Crippen LogP contribution is 2.24. The Balaban J connectivity index is 2.18. The van der Waals surface area contributed by atoms with Crippen LogP contribution in [0.5, 0.6) is 5.75 Å². The van der Waals surface area contributed by atoms with Crippen LogP contribution in [0.2, 0.25) is 0 Å². The van der Waals surface area contributed by atoms with Crippen molar-refractivity contribution in [2.45, 2.75) is 6.54 Å². The molecule has 0 aliphatic heterocycles. The van der Waals surface area contributed by atoms with Gasteiger partial charge in [-0.3, -0.25) is 0 Å². The molecule has 0 saturated carbocycles. The van der Waals surface area contributed by atoms with Crippen LogP contribution in [0.3, 0.4) is 0 Å². The summed E-state index contributed by atoms with van der Waals surface area (Å²) in [6.45, 7) is 0.676. The highest BCUT2D eigenvalue weighted by atomic mass is 79.9. The fraction of sp³-hybridized carbons (Fsp3) is 0.143. The Morgan fingerprint density at radius 2 is 1.82 bits per heavy atom. The summed E-state index contributed by atoms with van der Waals surface area (Å²) in [4.78, 5) is 2.10. The molecule has 0 spiro atoms. The Morgan fingerprint density at radius 1 is 1.12 bits per heavy atom. The van der Waals surface area contributed by atoms with Gasteiger partial charge in [0.2, 0.25) is 0 Å². The van der Waals surface area contributed by atoms with Gasteiger partial charge in [0.25, 0.3) is 0 Å². The van der Waals surface area contributed by atoms with Crippen LogP contribution in [0.1, 0.15) is 5.56 Å². The Bertz CT molecular complexity index is 499. The molecule has 2 aromatic rings. The fourth-order valence-corrected chi connectivity index (χ4v) is 2.12. The van der Waals surface area contributed by atoms with E-state index in [0.717, 1.165) is 15.7 Å². The lowest BCUT2D eigenvalue weighted by Crippen LogP contribution is -2.16. The first-order valence-corrected chi connectivity index (χ1v) is 6.19. The molecular weight excluding hydrogens is 278 g/mol. The second-order valence-corrected chi connectivity index (χ2v) is 4.88. The molecule has 0 atom stereocenters. The average molecular weight is 292 g/mol. The Morgan fingerprint density at radius 3 is 2.53 bits per heavy atom. The third kappa shape index (κ3) is 3.01. The van der Waals surface area contributed by atoms with E-state index in [1.807, 2.05) is 37.4 Å². The lowest BCUT2D eigenvalue weighted by Gasteiger charge is -2.20. The van der Waals surface area contributed by atoms with E-state index in [9.17, 15) is 5.11 Å². The lowest BCUT2D eigenvalue weighted by molar-refractivity contribution is 0.467. The lowest BCUT2D eigenvalue weighted by atomic mass is 10.2. The number of halogens is 1. The van der Waals surface area contributed by atoms with Gasteiger partial charge in [-0.15, -0.1) is 0 Å². The zero-order chi connectivity index (χ0) is 12.3. The van der Waals surface area contributed by atoms with Crippen LogP contribution in [0.15, 0.2) is 53.0 Å². The zero-order valence-corrected chi connectivity index (χ0v) is 11.2. The molecule has 0 fully saturated rings. The number of anilines is 1. The molecular formula is C14H14BrNO. The second-order valence-electron chi connectivity index (χ2n) is 3.96. The minimum atomic E-state index is 0.330. The molecule has 2 rings (SSSR count). The van der Waals surface area contributed by atoms with Crippen molar-refractivity contribution in [3.05, 3.63) is 58.6 Å². The highest BCUT2D eigenvalue weighted by Gasteiger charge is 2.06. The third-order valence-corrected chi connectivity index (χ3v) is 3.14. The van der Waals surface area contributed by atoms with E-state index in [4.69, 9.17) is 0 Å². The van der Waals surface area contributed by atoms with E-state index in [1.165, 1.54) is 0 Å². The van der Waals surface area contributed by atoms with Gasteiger partial charge in [0.15, 0.2) is 0 Å². The van der Waals surface area contributed by atoms with Crippen LogP contribution < -0.4 is 4.90 Å². The van der Waals surface area contributed by atoms with Gasteiger partial charge in [-0.1, -0.05) is 34.1 Å². The fourth-order valence-electron chi connectivity index (χ4n) is 1.71. The molecule has 0 heterocycles. The topological polar surface area (TPSA) is 23.5 Å². The molecule has 0 radical (unpaired) electrons. The van der Waals surface area contributed by atoms with Crippen LogP contribution in [-0.4, -0.2) is 12.2 Å². The summed E-state index contributed by atoms with van der Waals surface area (Å²) in [6, 6.07) is 15.6. The number of para-hydroxylation sites is 1. The molecule has 0 saturated heterocycles. The number of phenols is 1. The second kappa shape index (κ2) is 5.23. The molecule has 2 aromatic carbocycles. The maximum absolute atomic E-state index is 9.78. The van der Waals surface area contributed by atoms with Gasteiger partial charge in [-0.2, -0.15) is 0 Å². The van der Waals surface area contributed by atoms with Gasteiger partial charge in [0.05, 0.1) is 0 Å². The standard InChI is InChI=1S/C14H14BrNO/c1-16(13-5-3-2-4-6-13)10-11-9-12(15)7-8-14(11)17/h2-9,17H,10H2,1H3. The molecule has 0 unspecified atom stereocenters. The first kappa shape index (κ1) is 12.0. The largest absolute Gasteiger partial charge is 0.508 e. The maximum Gasteiger partial charge on any atom is 0.120 e. The van der Waals surface area contributed by atoms with Crippen molar-refractivity contribution in [3.63, 3.8) is 0 Å². The highest BCUT2D eigenvalue weighted by molar-refractivity contribution is 9.10. The minimum Gasteiger partial charge on any atom is -0.508 e. The van der Waals surface area contributed by atoms with Crippen molar-refractivity contribution in [2.24, 2.45) is 0 Å². The number of benzene rings is 2. The molecule has 0 aromatic heterocycles. The van der Waals surface area contributed by atoms with E-state index in [1.54, 1.807) is 6.07 Å². The predicted octanol–water partition coefficient (Wildman–Crippen LogP) is 3.79. The summed E-state index contributed by atoms with van der Waals surface area (Å²) < 4.78 is 0.978. The summed E-state index contributed by atoms with van der Waals surface area (Å²) >= 11 is 3.41. The van der Waals surface area contributed by atoms with Crippen molar-refractivity contribution in [1.29, 1.82) is 0 Å². The Kier molecular flexibility index (Phi) is 3.69. The monoisotopic (exact) mass is 291 g/mol. The molecule has 1 N–H and O–H groups in total. The van der Waals surface area contributed by atoms with Crippen LogP contribution in [-0.2, 0) is 6.54 Å². The number of aromatic hydroxyl groups is 1. The normalized spacial score (nSPS) is 10.2. The molecule has 17 heavy (non-hydrogen) atoms. The summed E-state index contributed by atoms with van der Waals surface area (Å²) in [6.07, 6.45) is 0. The van der Waals surface area contributed by atoms with Gasteiger partial charge in [0, 0.05) is 29.3 Å². The molecule has 0 aliphatic rings. The predicted molar refractivity (Wildman–Crippen MR) is 74.4 cm³/mol. The maximum atomic E-state index is 9.78. The molecule has 3 heteroatoms. The molecule has 0 amide bonds. The van der Waals surface area contributed by atoms with Crippen molar-refractivity contribution in [1.82, 2.24) is 0 Å². The van der Waals surface area contributed by atoms with Crippen LogP contribution in [0.25, 0.3) is 0 Å². The Labute approximate surface area is 110 Å². The van der Waals surface area contributed by atoms with Crippen LogP contribution in [0, 0.1) is 0 Å². The Hall–Kier alpha value is -1.48. The molecule has 88 valence electrons. The summed E-state index contributed by atoms with van der Waals surface area (Å²) in [5.74, 6) is 0.330. The number of phenolic OH excluding ortho intramolecular Hbond substituents is 1. The third-order valence-electron chi connectivity index (χ3n) is 2.65. The molecule has 2 nitrogen and oxygen atoms in total. The molecule has 0 bridgehead atoms. The number of hydrogen-bond donors (Lipinski definition) is 1. The van der Waals surface area contributed by atoms with Gasteiger partial charge >= 0.3 is 0 Å². The van der Waals surface area contributed by atoms with Gasteiger partial charge in [-0.05, 0) is 30.3 Å². The van der Waals surface area contributed by atoms with E-state index in [2.05, 4.69) is 33.0 Å². The summed E-state index contributed by atoms with van der Waals surface area (Å²) in [7, 11) is 2.01. The first-order valence-electron chi connectivity index (χ1n) is 5.40. The summed E-state index contributed by atoms with van der Waals surface area (Å²) in [5, 5.41) is 9.78.